The van der Waals surface area contributed by atoms with Crippen molar-refractivity contribution in [2.75, 3.05) is 11.9 Å². The number of primary amides is 1. The summed E-state index contributed by atoms with van der Waals surface area (Å²) in [7, 11) is 0. The van der Waals surface area contributed by atoms with Crippen LogP contribution in [0.3, 0.4) is 0 Å². The number of aromatic nitrogens is 1. The minimum Gasteiger partial charge on any atom is -0.484 e. The van der Waals surface area contributed by atoms with Gasteiger partial charge in [0.2, 0.25) is 5.91 Å². The summed E-state index contributed by atoms with van der Waals surface area (Å²) in [5.41, 5.74) is 6.89. The average Bonchev–Trinajstić information content (AvgIpc) is 3.09. The largest absolute Gasteiger partial charge is 0.484 e. The van der Waals surface area contributed by atoms with Crippen molar-refractivity contribution in [3.05, 3.63) is 65.3 Å². The fourth-order valence-corrected chi connectivity index (χ4v) is 2.86. The lowest BCUT2D eigenvalue weighted by Crippen LogP contribution is -2.20. The number of carbonyl (C=O) groups is 2. The van der Waals surface area contributed by atoms with Gasteiger partial charge in [-0.1, -0.05) is 6.07 Å². The van der Waals surface area contributed by atoms with Crippen LogP contribution in [0.1, 0.15) is 10.4 Å². The van der Waals surface area contributed by atoms with Gasteiger partial charge in [-0.3, -0.25) is 14.9 Å². The zero-order valence-electron chi connectivity index (χ0n) is 13.4. The van der Waals surface area contributed by atoms with E-state index in [9.17, 15) is 14.0 Å². The van der Waals surface area contributed by atoms with Gasteiger partial charge in [-0.15, -0.1) is 11.3 Å². The first-order valence-electron chi connectivity index (χ1n) is 7.55. The summed E-state index contributed by atoms with van der Waals surface area (Å²) in [4.78, 5) is 27.4. The minimum absolute atomic E-state index is 0.242. The molecule has 6 nitrogen and oxygen atoms in total. The summed E-state index contributed by atoms with van der Waals surface area (Å²) >= 11 is 1.25. The number of benzene rings is 2. The number of hydrogen-bond donors (Lipinski definition) is 2. The lowest BCUT2D eigenvalue weighted by Gasteiger charge is -2.06. The molecule has 132 valence electrons. The lowest BCUT2D eigenvalue weighted by molar-refractivity contribution is -0.118. The van der Waals surface area contributed by atoms with Crippen molar-refractivity contribution < 1.29 is 18.7 Å². The Morgan fingerprint density at radius 3 is 2.69 bits per heavy atom. The monoisotopic (exact) mass is 371 g/mol. The van der Waals surface area contributed by atoms with E-state index in [0.29, 0.717) is 22.1 Å². The molecule has 8 heteroatoms. The van der Waals surface area contributed by atoms with Crippen molar-refractivity contribution in [1.82, 2.24) is 4.98 Å². The molecular weight excluding hydrogens is 357 g/mol. The quantitative estimate of drug-likeness (QED) is 0.696. The highest BCUT2D eigenvalue weighted by atomic mass is 32.1. The molecule has 0 saturated heterocycles. The molecule has 0 saturated carbocycles. The second-order valence-electron chi connectivity index (χ2n) is 5.27. The molecule has 2 aromatic carbocycles. The number of halogens is 1. The molecule has 0 spiro atoms. The van der Waals surface area contributed by atoms with E-state index in [1.165, 1.54) is 29.5 Å². The smallest absolute Gasteiger partial charge is 0.264 e. The summed E-state index contributed by atoms with van der Waals surface area (Å²) in [5.74, 6) is -0.928. The summed E-state index contributed by atoms with van der Waals surface area (Å²) in [5, 5.41) is 4.80. The molecule has 26 heavy (non-hydrogen) atoms. The second kappa shape index (κ2) is 7.75. The van der Waals surface area contributed by atoms with Gasteiger partial charge in [-0.2, -0.15) is 0 Å². The van der Waals surface area contributed by atoms with Crippen molar-refractivity contribution in [2.45, 2.75) is 0 Å². The SMILES string of the molecule is NC(=O)c1cccc(OCC(=O)Nc2nc(-c3ccc(F)cc3)cs2)c1. The van der Waals surface area contributed by atoms with Crippen LogP contribution < -0.4 is 15.8 Å². The Labute approximate surface area is 152 Å². The minimum atomic E-state index is -0.573. The van der Waals surface area contributed by atoms with Crippen molar-refractivity contribution in [2.24, 2.45) is 5.73 Å². The maximum absolute atomic E-state index is 13.0. The van der Waals surface area contributed by atoms with E-state index in [1.54, 1.807) is 35.7 Å². The van der Waals surface area contributed by atoms with Gasteiger partial charge in [0, 0.05) is 16.5 Å². The van der Waals surface area contributed by atoms with Crippen LogP contribution in [0.4, 0.5) is 9.52 Å². The Bertz CT molecular complexity index is 941. The van der Waals surface area contributed by atoms with Crippen LogP contribution in [0.15, 0.2) is 53.9 Å². The first kappa shape index (κ1) is 17.6. The first-order chi connectivity index (χ1) is 12.5. The van der Waals surface area contributed by atoms with Crippen molar-refractivity contribution in [1.29, 1.82) is 0 Å². The average molecular weight is 371 g/mol. The van der Waals surface area contributed by atoms with Crippen LogP contribution in [-0.2, 0) is 4.79 Å². The number of nitrogens with one attached hydrogen (secondary N) is 1. The number of anilines is 1. The van der Waals surface area contributed by atoms with Crippen molar-refractivity contribution in [3.63, 3.8) is 0 Å². The fourth-order valence-electron chi connectivity index (χ4n) is 2.13. The number of hydrogen-bond acceptors (Lipinski definition) is 5. The molecule has 3 rings (SSSR count). The van der Waals surface area contributed by atoms with Gasteiger partial charge < -0.3 is 10.5 Å². The van der Waals surface area contributed by atoms with Crippen LogP contribution in [0.5, 0.6) is 5.75 Å². The van der Waals surface area contributed by atoms with Crippen molar-refractivity contribution >= 4 is 28.3 Å². The van der Waals surface area contributed by atoms with Gasteiger partial charge in [0.1, 0.15) is 11.6 Å². The van der Waals surface area contributed by atoms with Crippen LogP contribution >= 0.6 is 11.3 Å². The summed E-state index contributed by atoms with van der Waals surface area (Å²) in [6.07, 6.45) is 0. The molecule has 1 aromatic heterocycles. The molecule has 2 amide bonds. The van der Waals surface area contributed by atoms with Crippen LogP contribution in [0.2, 0.25) is 0 Å². The molecule has 0 radical (unpaired) electrons. The third-order valence-electron chi connectivity index (χ3n) is 3.38. The van der Waals surface area contributed by atoms with Gasteiger partial charge >= 0.3 is 0 Å². The third kappa shape index (κ3) is 4.42. The predicted molar refractivity (Wildman–Crippen MR) is 96.6 cm³/mol. The Morgan fingerprint density at radius 1 is 1.19 bits per heavy atom. The Hall–Kier alpha value is -3.26. The van der Waals surface area contributed by atoms with E-state index in [4.69, 9.17) is 10.5 Å². The van der Waals surface area contributed by atoms with E-state index in [2.05, 4.69) is 10.3 Å². The van der Waals surface area contributed by atoms with E-state index >= 15 is 0 Å². The highest BCUT2D eigenvalue weighted by molar-refractivity contribution is 7.14. The van der Waals surface area contributed by atoms with Gasteiger partial charge in [-0.05, 0) is 42.5 Å². The molecule has 0 atom stereocenters. The first-order valence-corrected chi connectivity index (χ1v) is 8.43. The highest BCUT2D eigenvalue weighted by Crippen LogP contribution is 2.25. The van der Waals surface area contributed by atoms with Gasteiger partial charge in [0.25, 0.3) is 5.91 Å². The summed E-state index contributed by atoms with van der Waals surface area (Å²) in [6.45, 7) is -0.242. The summed E-state index contributed by atoms with van der Waals surface area (Å²) in [6, 6.07) is 12.2. The Kier molecular flexibility index (Phi) is 5.23. The zero-order chi connectivity index (χ0) is 18.5. The fraction of sp³-hybridized carbons (Fsp3) is 0.0556. The summed E-state index contributed by atoms with van der Waals surface area (Å²) < 4.78 is 18.3. The Morgan fingerprint density at radius 2 is 1.96 bits per heavy atom. The number of nitrogens with two attached hydrogens (primary N) is 1. The Balaban J connectivity index is 1.58. The highest BCUT2D eigenvalue weighted by Gasteiger charge is 2.10. The van der Waals surface area contributed by atoms with Crippen LogP contribution in [0.25, 0.3) is 11.3 Å². The van der Waals surface area contributed by atoms with E-state index < -0.39 is 11.8 Å². The third-order valence-corrected chi connectivity index (χ3v) is 4.14. The van der Waals surface area contributed by atoms with Gasteiger partial charge in [0.15, 0.2) is 11.7 Å². The second-order valence-corrected chi connectivity index (χ2v) is 6.13. The van der Waals surface area contributed by atoms with E-state index in [-0.39, 0.29) is 12.4 Å². The standard InChI is InChI=1S/C18H14FN3O3S/c19-13-6-4-11(5-7-13)15-10-26-18(21-15)22-16(23)9-25-14-3-1-2-12(8-14)17(20)24/h1-8,10H,9H2,(H2,20,24)(H,21,22,23). The van der Waals surface area contributed by atoms with Gasteiger partial charge in [-0.25, -0.2) is 9.37 Å². The molecule has 0 bridgehead atoms. The normalized spacial score (nSPS) is 10.3. The van der Waals surface area contributed by atoms with Crippen LogP contribution in [0, 0.1) is 5.82 Å². The zero-order valence-corrected chi connectivity index (χ0v) is 14.3. The topological polar surface area (TPSA) is 94.3 Å². The molecule has 0 aliphatic heterocycles. The predicted octanol–water partition coefficient (Wildman–Crippen LogP) is 3.07. The number of ether oxygens (including phenoxy) is 1. The molecule has 3 aromatic rings. The molecular formula is C18H14FN3O3S. The molecule has 0 aliphatic rings. The van der Waals surface area contributed by atoms with Crippen LogP contribution in [-0.4, -0.2) is 23.4 Å². The molecule has 1 heterocycles. The van der Waals surface area contributed by atoms with Crippen molar-refractivity contribution in [3.8, 4) is 17.0 Å². The van der Waals surface area contributed by atoms with E-state index in [1.807, 2.05) is 0 Å². The lowest BCUT2D eigenvalue weighted by atomic mass is 10.2. The number of nitrogens with zero attached hydrogens (tertiary/aromatic N) is 1. The number of thiazole rings is 1. The number of carbonyl (C=O) groups excluding carboxylic acids is 2. The molecule has 3 N–H and O–H groups in total. The van der Waals surface area contributed by atoms with E-state index in [0.717, 1.165) is 5.56 Å². The molecule has 0 fully saturated rings. The number of rotatable bonds is 6. The number of amides is 2. The molecule has 0 aliphatic carbocycles. The maximum atomic E-state index is 13.0. The molecule has 0 unspecified atom stereocenters. The van der Waals surface area contributed by atoms with Gasteiger partial charge in [0.05, 0.1) is 5.69 Å². The maximum Gasteiger partial charge on any atom is 0.264 e.